The van der Waals surface area contributed by atoms with Crippen LogP contribution in [-0.4, -0.2) is 73.7 Å². The maximum absolute atomic E-state index is 5.77. The highest BCUT2D eigenvalue weighted by atomic mass is 32.1. The van der Waals surface area contributed by atoms with Crippen LogP contribution in [0.2, 0.25) is 0 Å². The molecule has 0 radical (unpaired) electrons. The van der Waals surface area contributed by atoms with Crippen molar-refractivity contribution in [3.63, 3.8) is 0 Å². The lowest BCUT2D eigenvalue weighted by Gasteiger charge is -2.29. The molecule has 22 heavy (non-hydrogen) atoms. The number of hydrogen-bond donors (Lipinski definition) is 1. The summed E-state index contributed by atoms with van der Waals surface area (Å²) in [6, 6.07) is 0. The Morgan fingerprint density at radius 3 is 3.09 bits per heavy atom. The molecule has 0 bridgehead atoms. The van der Waals surface area contributed by atoms with Crippen LogP contribution >= 0.6 is 11.3 Å². The van der Waals surface area contributed by atoms with E-state index in [1.807, 2.05) is 14.0 Å². The lowest BCUT2D eigenvalue weighted by Crippen LogP contribution is -2.43. The van der Waals surface area contributed by atoms with Crippen molar-refractivity contribution in [3.05, 3.63) is 16.1 Å². The summed E-state index contributed by atoms with van der Waals surface area (Å²) in [5.41, 5.74) is 1.09. The van der Waals surface area contributed by atoms with E-state index in [2.05, 4.69) is 39.5 Å². The van der Waals surface area contributed by atoms with Crippen LogP contribution in [0.1, 0.15) is 17.6 Å². The minimum atomic E-state index is 0.183. The Morgan fingerprint density at radius 1 is 1.64 bits per heavy atom. The summed E-state index contributed by atoms with van der Waals surface area (Å²) in [6.45, 7) is 9.16. The van der Waals surface area contributed by atoms with Crippen LogP contribution < -0.4 is 5.32 Å². The van der Waals surface area contributed by atoms with Gasteiger partial charge in [0.1, 0.15) is 0 Å². The van der Waals surface area contributed by atoms with Crippen molar-refractivity contribution in [2.24, 2.45) is 4.99 Å². The molecule has 1 aromatic heterocycles. The predicted octanol–water partition coefficient (Wildman–Crippen LogP) is 1.18. The van der Waals surface area contributed by atoms with E-state index < -0.39 is 0 Å². The maximum Gasteiger partial charge on any atom is 0.194 e. The number of thiazole rings is 1. The van der Waals surface area contributed by atoms with Crippen LogP contribution in [-0.2, 0) is 11.3 Å². The van der Waals surface area contributed by atoms with Gasteiger partial charge in [-0.1, -0.05) is 0 Å². The van der Waals surface area contributed by atoms with Crippen molar-refractivity contribution in [1.82, 2.24) is 20.1 Å². The molecule has 1 fully saturated rings. The van der Waals surface area contributed by atoms with E-state index >= 15 is 0 Å². The van der Waals surface area contributed by atoms with Crippen LogP contribution in [0.4, 0.5) is 0 Å². The molecule has 1 unspecified atom stereocenters. The van der Waals surface area contributed by atoms with Crippen molar-refractivity contribution >= 4 is 17.3 Å². The van der Waals surface area contributed by atoms with E-state index in [1.165, 1.54) is 0 Å². The van der Waals surface area contributed by atoms with Gasteiger partial charge in [-0.05, 0) is 20.9 Å². The molecular formula is C15H27N5OS. The topological polar surface area (TPSA) is 53.0 Å². The third-order valence-corrected chi connectivity index (χ3v) is 4.37. The van der Waals surface area contributed by atoms with Gasteiger partial charge in [-0.25, -0.2) is 4.98 Å². The SMILES string of the molecule is CCNC(=NCC1CN(C)CCO1)N(C)Cc1csc(C)n1. The van der Waals surface area contributed by atoms with Crippen molar-refractivity contribution in [2.75, 3.05) is 46.9 Å². The molecule has 1 aromatic rings. The van der Waals surface area contributed by atoms with Crippen LogP contribution in [0.25, 0.3) is 0 Å². The summed E-state index contributed by atoms with van der Waals surface area (Å²) in [4.78, 5) is 13.7. The number of morpholine rings is 1. The zero-order chi connectivity index (χ0) is 15.9. The second-order valence-corrected chi connectivity index (χ2v) is 6.73. The molecule has 6 nitrogen and oxygen atoms in total. The van der Waals surface area contributed by atoms with Gasteiger partial charge in [-0.2, -0.15) is 0 Å². The molecule has 0 saturated carbocycles. The largest absolute Gasteiger partial charge is 0.374 e. The van der Waals surface area contributed by atoms with Gasteiger partial charge < -0.3 is 19.9 Å². The summed E-state index contributed by atoms with van der Waals surface area (Å²) in [5.74, 6) is 0.907. The highest BCUT2D eigenvalue weighted by Gasteiger charge is 2.18. The number of guanidine groups is 1. The van der Waals surface area contributed by atoms with Gasteiger partial charge in [-0.3, -0.25) is 4.99 Å². The Labute approximate surface area is 137 Å². The van der Waals surface area contributed by atoms with E-state index in [1.54, 1.807) is 11.3 Å². The average Bonchev–Trinajstić information content (AvgIpc) is 2.88. The number of nitrogens with one attached hydrogen (secondary N) is 1. The molecule has 0 aliphatic carbocycles. The third-order valence-electron chi connectivity index (χ3n) is 3.55. The lowest BCUT2D eigenvalue weighted by atomic mass is 10.3. The summed E-state index contributed by atoms with van der Waals surface area (Å²) in [6.07, 6.45) is 0.183. The first-order chi connectivity index (χ1) is 10.6. The van der Waals surface area contributed by atoms with Crippen molar-refractivity contribution < 1.29 is 4.74 Å². The molecular weight excluding hydrogens is 298 g/mol. The zero-order valence-corrected chi connectivity index (χ0v) is 14.8. The lowest BCUT2D eigenvalue weighted by molar-refractivity contribution is -0.0137. The molecule has 1 aliphatic rings. The van der Waals surface area contributed by atoms with Crippen LogP contribution in [0.3, 0.4) is 0 Å². The van der Waals surface area contributed by atoms with Crippen molar-refractivity contribution in [2.45, 2.75) is 26.5 Å². The second-order valence-electron chi connectivity index (χ2n) is 5.66. The van der Waals surface area contributed by atoms with Gasteiger partial charge in [0.15, 0.2) is 5.96 Å². The van der Waals surface area contributed by atoms with Crippen LogP contribution in [0.15, 0.2) is 10.4 Å². The van der Waals surface area contributed by atoms with Crippen molar-refractivity contribution in [3.8, 4) is 0 Å². The zero-order valence-electron chi connectivity index (χ0n) is 14.0. The Kier molecular flexibility index (Phi) is 6.60. The summed E-state index contributed by atoms with van der Waals surface area (Å²) >= 11 is 1.68. The first kappa shape index (κ1) is 17.2. The number of hydrogen-bond acceptors (Lipinski definition) is 5. The third kappa shape index (κ3) is 5.23. The first-order valence-electron chi connectivity index (χ1n) is 7.79. The fraction of sp³-hybridized carbons (Fsp3) is 0.733. The molecule has 0 aromatic carbocycles. The summed E-state index contributed by atoms with van der Waals surface area (Å²) in [5, 5.41) is 6.55. The van der Waals surface area contributed by atoms with Gasteiger partial charge in [0.05, 0.1) is 36.5 Å². The fourth-order valence-electron chi connectivity index (χ4n) is 2.43. The van der Waals surface area contributed by atoms with E-state index in [0.29, 0.717) is 6.54 Å². The minimum absolute atomic E-state index is 0.183. The quantitative estimate of drug-likeness (QED) is 0.651. The van der Waals surface area contributed by atoms with E-state index in [4.69, 9.17) is 9.73 Å². The number of rotatable bonds is 5. The monoisotopic (exact) mass is 325 g/mol. The highest BCUT2D eigenvalue weighted by Crippen LogP contribution is 2.10. The van der Waals surface area contributed by atoms with Crippen LogP contribution in [0.5, 0.6) is 0 Å². The normalized spacial score (nSPS) is 20.2. The average molecular weight is 325 g/mol. The summed E-state index contributed by atoms with van der Waals surface area (Å²) < 4.78 is 5.77. The maximum atomic E-state index is 5.77. The Hall–Kier alpha value is -1.18. The van der Waals surface area contributed by atoms with Gasteiger partial charge in [-0.15, -0.1) is 11.3 Å². The van der Waals surface area contributed by atoms with Gasteiger partial charge in [0.25, 0.3) is 0 Å². The molecule has 2 rings (SSSR count). The van der Waals surface area contributed by atoms with Crippen LogP contribution in [0, 0.1) is 6.92 Å². The van der Waals surface area contributed by atoms with E-state index in [9.17, 15) is 0 Å². The molecule has 1 atom stereocenters. The number of nitrogens with zero attached hydrogens (tertiary/aromatic N) is 4. The molecule has 1 aliphatic heterocycles. The van der Waals surface area contributed by atoms with Crippen molar-refractivity contribution in [1.29, 1.82) is 0 Å². The number of aryl methyl sites for hydroxylation is 1. The first-order valence-corrected chi connectivity index (χ1v) is 8.67. The number of aliphatic imine (C=N–C) groups is 1. The fourth-order valence-corrected chi connectivity index (χ4v) is 3.04. The molecule has 1 N–H and O–H groups in total. The van der Waals surface area contributed by atoms with E-state index in [-0.39, 0.29) is 6.10 Å². The molecule has 2 heterocycles. The number of ether oxygens (including phenoxy) is 1. The Morgan fingerprint density at radius 2 is 2.45 bits per heavy atom. The number of aromatic nitrogens is 1. The van der Waals surface area contributed by atoms with Gasteiger partial charge >= 0.3 is 0 Å². The minimum Gasteiger partial charge on any atom is -0.374 e. The molecule has 0 spiro atoms. The molecule has 7 heteroatoms. The predicted molar refractivity (Wildman–Crippen MR) is 91.5 cm³/mol. The Bertz CT molecular complexity index is 490. The molecule has 1 saturated heterocycles. The molecule has 0 amide bonds. The molecule has 124 valence electrons. The van der Waals surface area contributed by atoms with Gasteiger partial charge in [0.2, 0.25) is 0 Å². The summed E-state index contributed by atoms with van der Waals surface area (Å²) in [7, 11) is 4.17. The second kappa shape index (κ2) is 8.45. The van der Waals surface area contributed by atoms with E-state index in [0.717, 1.165) is 49.4 Å². The number of likely N-dealkylation sites (N-methyl/N-ethyl adjacent to an activating group) is 1. The standard InChI is InChI=1S/C15H27N5OS/c1-5-16-15(17-8-14-10-19(3)6-7-21-14)20(4)9-13-11-22-12(2)18-13/h11,14H,5-10H2,1-4H3,(H,16,17). The highest BCUT2D eigenvalue weighted by molar-refractivity contribution is 7.09. The Balaban J connectivity index is 1.93. The smallest absolute Gasteiger partial charge is 0.194 e. The van der Waals surface area contributed by atoms with Gasteiger partial charge in [0, 0.05) is 32.1 Å².